The van der Waals surface area contributed by atoms with Crippen molar-refractivity contribution in [1.82, 2.24) is 5.32 Å². The molecule has 1 aliphatic rings. The van der Waals surface area contributed by atoms with E-state index < -0.39 is 0 Å². The van der Waals surface area contributed by atoms with E-state index in [4.69, 9.17) is 0 Å². The van der Waals surface area contributed by atoms with Gasteiger partial charge >= 0.3 is 0 Å². The average molecular weight is 352 g/mol. The Balaban J connectivity index is 2.70. The molecule has 25 heavy (non-hydrogen) atoms. The highest BCUT2D eigenvalue weighted by Crippen LogP contribution is 2.50. The molecule has 0 aromatic rings. The summed E-state index contributed by atoms with van der Waals surface area (Å²) in [4.78, 5) is 12.0. The van der Waals surface area contributed by atoms with Crippen molar-refractivity contribution in [3.05, 3.63) is 0 Å². The molecule has 0 bridgehead atoms. The van der Waals surface area contributed by atoms with Crippen LogP contribution >= 0.6 is 0 Å². The highest BCUT2D eigenvalue weighted by atomic mass is 16.1. The molecule has 0 aromatic carbocycles. The molecule has 0 radical (unpaired) electrons. The summed E-state index contributed by atoms with van der Waals surface area (Å²) in [5.74, 6) is 1.88. The number of carbonyl (C=O) groups excluding carboxylic acids is 1. The second kappa shape index (κ2) is 7.71. The first-order valence-electron chi connectivity index (χ1n) is 10.3. The van der Waals surface area contributed by atoms with Gasteiger partial charge in [-0.25, -0.2) is 0 Å². The lowest BCUT2D eigenvalue weighted by Crippen LogP contribution is -2.44. The van der Waals surface area contributed by atoms with Gasteiger partial charge in [0, 0.05) is 11.0 Å². The van der Waals surface area contributed by atoms with Crippen LogP contribution in [0, 0.1) is 28.1 Å². The van der Waals surface area contributed by atoms with Crippen LogP contribution in [0.1, 0.15) is 101 Å². The van der Waals surface area contributed by atoms with Gasteiger partial charge in [0.05, 0.1) is 0 Å². The molecule has 0 heterocycles. The first-order chi connectivity index (χ1) is 11.1. The molecular weight excluding hydrogens is 306 g/mol. The van der Waals surface area contributed by atoms with Gasteiger partial charge in [-0.05, 0) is 89.0 Å². The van der Waals surface area contributed by atoms with Crippen LogP contribution in [-0.4, -0.2) is 18.4 Å². The van der Waals surface area contributed by atoms with Gasteiger partial charge < -0.3 is 5.32 Å². The Morgan fingerprint density at radius 1 is 0.800 bits per heavy atom. The Morgan fingerprint density at radius 3 is 1.48 bits per heavy atom. The molecule has 2 nitrogen and oxygen atoms in total. The monoisotopic (exact) mass is 351 g/mol. The molecule has 0 atom stereocenters. The molecule has 1 fully saturated rings. The van der Waals surface area contributed by atoms with Crippen molar-refractivity contribution in [1.29, 1.82) is 0 Å². The second-order valence-electron chi connectivity index (χ2n) is 11.5. The fraction of sp³-hybridized carbons (Fsp3) is 0.957. The zero-order valence-corrected chi connectivity index (χ0v) is 18.8. The molecule has 0 unspecified atom stereocenters. The van der Waals surface area contributed by atoms with E-state index in [9.17, 15) is 4.79 Å². The number of Topliss-reactive ketones (excluding diaryl/α,β-unsaturated/α-hetero) is 1. The number of hydrogen-bond acceptors (Lipinski definition) is 2. The lowest BCUT2D eigenvalue weighted by Gasteiger charge is -2.47. The summed E-state index contributed by atoms with van der Waals surface area (Å²) in [6, 6.07) is 0. The molecule has 1 saturated carbocycles. The van der Waals surface area contributed by atoms with Crippen molar-refractivity contribution in [2.24, 2.45) is 28.1 Å². The van der Waals surface area contributed by atoms with Crippen LogP contribution in [0.4, 0.5) is 0 Å². The number of ketones is 1. The molecule has 148 valence electrons. The zero-order chi connectivity index (χ0) is 19.7. The van der Waals surface area contributed by atoms with Crippen molar-refractivity contribution in [3.63, 3.8) is 0 Å². The lowest BCUT2D eigenvalue weighted by atomic mass is 9.58. The van der Waals surface area contributed by atoms with Gasteiger partial charge in [0.2, 0.25) is 0 Å². The normalized spacial score (nSPS) is 23.6. The van der Waals surface area contributed by atoms with E-state index in [1.807, 2.05) is 0 Å². The van der Waals surface area contributed by atoms with Gasteiger partial charge in [-0.1, -0.05) is 41.5 Å². The quantitative estimate of drug-likeness (QED) is 0.561. The number of nitrogens with one attached hydrogen (secondary N) is 1. The van der Waals surface area contributed by atoms with E-state index >= 15 is 0 Å². The molecule has 1 aliphatic carbocycles. The summed E-state index contributed by atoms with van der Waals surface area (Å²) in [7, 11) is 2.08. The number of hydrogen-bond donors (Lipinski definition) is 1. The molecule has 1 rings (SSSR count). The van der Waals surface area contributed by atoms with Crippen LogP contribution in [0.15, 0.2) is 0 Å². The van der Waals surface area contributed by atoms with Crippen molar-refractivity contribution < 1.29 is 4.79 Å². The highest BCUT2D eigenvalue weighted by Gasteiger charge is 2.42. The standard InChI is InChI=1S/C23H45NO/c1-17(25)20(2,3)15-21(4,5)18-11-13-19(14-12-18)22(6,7)16-23(8,9)24-10/h18-19,24H,11-16H2,1-10H3. The first kappa shape index (κ1) is 22.7. The Kier molecular flexibility index (Phi) is 6.99. The van der Waals surface area contributed by atoms with Crippen LogP contribution in [-0.2, 0) is 4.79 Å². The lowest BCUT2D eigenvalue weighted by molar-refractivity contribution is -0.127. The molecule has 0 aliphatic heterocycles. The molecule has 1 N–H and O–H groups in total. The van der Waals surface area contributed by atoms with E-state index in [2.05, 4.69) is 67.8 Å². The van der Waals surface area contributed by atoms with Crippen LogP contribution in [0.2, 0.25) is 0 Å². The summed E-state index contributed by atoms with van der Waals surface area (Å²) >= 11 is 0. The van der Waals surface area contributed by atoms with Gasteiger partial charge in [-0.3, -0.25) is 4.79 Å². The van der Waals surface area contributed by atoms with Gasteiger partial charge in [0.1, 0.15) is 5.78 Å². The molecule has 0 saturated heterocycles. The van der Waals surface area contributed by atoms with E-state index in [1.165, 1.54) is 32.1 Å². The second-order valence-corrected chi connectivity index (χ2v) is 11.5. The van der Waals surface area contributed by atoms with Crippen molar-refractivity contribution >= 4 is 5.78 Å². The summed E-state index contributed by atoms with van der Waals surface area (Å²) in [5, 5.41) is 3.47. The SMILES string of the molecule is CNC(C)(C)CC(C)(C)C1CCC(C(C)(C)CC(C)(C)C(C)=O)CC1. The molecule has 0 amide bonds. The molecule has 2 heteroatoms. The van der Waals surface area contributed by atoms with Gasteiger partial charge in [-0.15, -0.1) is 0 Å². The number of carbonyl (C=O) groups is 1. The van der Waals surface area contributed by atoms with Gasteiger partial charge in [0.25, 0.3) is 0 Å². The van der Waals surface area contributed by atoms with E-state index in [1.54, 1.807) is 6.92 Å². The summed E-state index contributed by atoms with van der Waals surface area (Å²) in [6.45, 7) is 20.3. The Bertz CT molecular complexity index is 451. The van der Waals surface area contributed by atoms with Crippen molar-refractivity contribution in [2.45, 2.75) is 106 Å². The average Bonchev–Trinajstić information content (AvgIpc) is 2.45. The first-order valence-corrected chi connectivity index (χ1v) is 10.3. The summed E-state index contributed by atoms with van der Waals surface area (Å²) in [6.07, 6.45) is 7.51. The predicted octanol–water partition coefficient (Wildman–Crippen LogP) is 6.24. The van der Waals surface area contributed by atoms with Crippen LogP contribution < -0.4 is 5.32 Å². The van der Waals surface area contributed by atoms with Crippen molar-refractivity contribution in [3.8, 4) is 0 Å². The van der Waals surface area contributed by atoms with Crippen LogP contribution in [0.25, 0.3) is 0 Å². The summed E-state index contributed by atoms with van der Waals surface area (Å²) < 4.78 is 0. The van der Waals surface area contributed by atoms with Crippen LogP contribution in [0.5, 0.6) is 0 Å². The minimum absolute atomic E-state index is 0.198. The zero-order valence-electron chi connectivity index (χ0n) is 18.8. The van der Waals surface area contributed by atoms with Gasteiger partial charge in [-0.2, -0.15) is 0 Å². The Labute approximate surface area is 157 Å². The van der Waals surface area contributed by atoms with Gasteiger partial charge in [0.15, 0.2) is 0 Å². The maximum Gasteiger partial charge on any atom is 0.135 e. The minimum atomic E-state index is -0.198. The Morgan fingerprint density at radius 2 is 1.16 bits per heavy atom. The fourth-order valence-corrected chi connectivity index (χ4v) is 5.44. The summed E-state index contributed by atoms with van der Waals surface area (Å²) in [5.41, 5.74) is 0.621. The van der Waals surface area contributed by atoms with E-state index in [-0.39, 0.29) is 16.4 Å². The third-order valence-corrected chi connectivity index (χ3v) is 7.36. The van der Waals surface area contributed by atoms with Crippen LogP contribution in [0.3, 0.4) is 0 Å². The third-order valence-electron chi connectivity index (χ3n) is 7.36. The van der Waals surface area contributed by atoms with Crippen molar-refractivity contribution in [2.75, 3.05) is 7.05 Å². The molecule has 0 aromatic heterocycles. The number of rotatable bonds is 8. The fourth-order valence-electron chi connectivity index (χ4n) is 5.44. The maximum atomic E-state index is 12.0. The Hall–Kier alpha value is -0.370. The van der Waals surface area contributed by atoms with E-state index in [0.29, 0.717) is 11.2 Å². The predicted molar refractivity (Wildman–Crippen MR) is 110 cm³/mol. The topological polar surface area (TPSA) is 29.1 Å². The molecular formula is C23H45NO. The molecule has 0 spiro atoms. The smallest absolute Gasteiger partial charge is 0.135 e. The maximum absolute atomic E-state index is 12.0. The minimum Gasteiger partial charge on any atom is -0.315 e. The largest absolute Gasteiger partial charge is 0.315 e. The van der Waals surface area contributed by atoms with E-state index in [0.717, 1.165) is 18.3 Å². The third kappa shape index (κ3) is 6.08. The highest BCUT2D eigenvalue weighted by molar-refractivity contribution is 5.81.